The Labute approximate surface area is 234 Å². The number of amides is 1. The number of carbonyl (C=O) groups excluding carboxylic acids is 1. The molecule has 1 fully saturated rings. The predicted molar refractivity (Wildman–Crippen MR) is 156 cm³/mol. The molecule has 4 aromatic carbocycles. The van der Waals surface area contributed by atoms with Crippen LogP contribution in [0.4, 0.5) is 0 Å². The van der Waals surface area contributed by atoms with Crippen molar-refractivity contribution in [2.75, 3.05) is 20.2 Å². The maximum absolute atomic E-state index is 12.3. The zero-order chi connectivity index (χ0) is 26.1. The van der Waals surface area contributed by atoms with Crippen LogP contribution in [0.2, 0.25) is 0 Å². The molecule has 7 heteroatoms. The molecular formula is C32H33ClN2O4. The number of hydrogen-bond acceptors (Lipinski definition) is 5. The van der Waals surface area contributed by atoms with Crippen LogP contribution in [0.15, 0.2) is 72.8 Å². The molecule has 0 saturated carbocycles. The molecule has 2 aliphatic rings. The molecular weight excluding hydrogens is 512 g/mol. The fraction of sp³-hybridized carbons (Fsp3) is 0.281. The van der Waals surface area contributed by atoms with E-state index in [0.717, 1.165) is 51.7 Å². The smallest absolute Gasteiger partial charge is 0.251 e. The molecule has 4 aromatic rings. The lowest BCUT2D eigenvalue weighted by Crippen LogP contribution is -2.35. The average molecular weight is 545 g/mol. The number of ether oxygens (including phenoxy) is 2. The van der Waals surface area contributed by atoms with Crippen LogP contribution < -0.4 is 20.1 Å². The van der Waals surface area contributed by atoms with Crippen LogP contribution in [-0.2, 0) is 0 Å². The topological polar surface area (TPSA) is 79.8 Å². The van der Waals surface area contributed by atoms with Gasteiger partial charge in [-0.2, -0.15) is 0 Å². The minimum atomic E-state index is -0.383. The van der Waals surface area contributed by atoms with E-state index in [9.17, 15) is 9.90 Å². The molecule has 1 saturated heterocycles. The van der Waals surface area contributed by atoms with E-state index in [1.165, 1.54) is 19.3 Å². The second-order valence-electron chi connectivity index (χ2n) is 10.1. The van der Waals surface area contributed by atoms with Crippen molar-refractivity contribution in [3.8, 4) is 28.4 Å². The van der Waals surface area contributed by atoms with Gasteiger partial charge in [0.1, 0.15) is 17.2 Å². The van der Waals surface area contributed by atoms with Gasteiger partial charge in [0.25, 0.3) is 5.91 Å². The normalized spacial score (nSPS) is 17.8. The van der Waals surface area contributed by atoms with E-state index in [1.807, 2.05) is 42.5 Å². The largest absolute Gasteiger partial charge is 0.508 e. The van der Waals surface area contributed by atoms with Gasteiger partial charge in [-0.3, -0.25) is 4.79 Å². The first kappa shape index (κ1) is 26.9. The van der Waals surface area contributed by atoms with Crippen molar-refractivity contribution in [1.82, 2.24) is 10.6 Å². The quantitative estimate of drug-likeness (QED) is 0.262. The first-order chi connectivity index (χ1) is 18.6. The number of rotatable bonds is 6. The van der Waals surface area contributed by atoms with Crippen molar-refractivity contribution in [2.45, 2.75) is 37.8 Å². The summed E-state index contributed by atoms with van der Waals surface area (Å²) in [6.45, 7) is 1.79. The zero-order valence-electron chi connectivity index (χ0n) is 21.9. The van der Waals surface area contributed by atoms with E-state index in [-0.39, 0.29) is 30.2 Å². The number of phenolic OH excluding ortho intramolecular Hbond substituents is 1. The highest BCUT2D eigenvalue weighted by molar-refractivity contribution is 5.98. The number of piperidine rings is 1. The van der Waals surface area contributed by atoms with E-state index in [4.69, 9.17) is 9.47 Å². The maximum Gasteiger partial charge on any atom is 0.251 e. The Morgan fingerprint density at radius 3 is 2.62 bits per heavy atom. The van der Waals surface area contributed by atoms with Crippen molar-refractivity contribution in [1.29, 1.82) is 0 Å². The average Bonchev–Trinajstić information content (AvgIpc) is 2.96. The Balaban J connectivity index is 0.00000308. The fourth-order valence-corrected chi connectivity index (χ4v) is 5.64. The summed E-state index contributed by atoms with van der Waals surface area (Å²) in [6.07, 6.45) is 4.39. The Kier molecular flexibility index (Phi) is 7.96. The minimum Gasteiger partial charge on any atom is -0.508 e. The molecule has 0 spiro atoms. The molecule has 202 valence electrons. The number of carbonyl (C=O) groups is 1. The predicted octanol–water partition coefficient (Wildman–Crippen LogP) is 6.39. The molecule has 2 aliphatic heterocycles. The zero-order valence-corrected chi connectivity index (χ0v) is 22.7. The lowest BCUT2D eigenvalue weighted by Gasteiger charge is -2.31. The molecule has 0 radical (unpaired) electrons. The third-order valence-corrected chi connectivity index (χ3v) is 7.64. The van der Waals surface area contributed by atoms with Crippen LogP contribution in [-0.4, -0.2) is 37.3 Å². The van der Waals surface area contributed by atoms with Gasteiger partial charge in [0.15, 0.2) is 6.10 Å². The van der Waals surface area contributed by atoms with Gasteiger partial charge in [0, 0.05) is 29.8 Å². The summed E-state index contributed by atoms with van der Waals surface area (Å²) in [5.41, 5.74) is 4.58. The Morgan fingerprint density at radius 1 is 1.03 bits per heavy atom. The van der Waals surface area contributed by atoms with Crippen molar-refractivity contribution >= 4 is 29.1 Å². The molecule has 2 atom stereocenters. The third-order valence-electron chi connectivity index (χ3n) is 7.64. The monoisotopic (exact) mass is 544 g/mol. The molecule has 2 heterocycles. The van der Waals surface area contributed by atoms with Gasteiger partial charge in [-0.25, -0.2) is 0 Å². The summed E-state index contributed by atoms with van der Waals surface area (Å²) in [7, 11) is 1.62. The molecule has 3 N–H and O–H groups in total. The van der Waals surface area contributed by atoms with Gasteiger partial charge in [-0.05, 0) is 90.2 Å². The van der Waals surface area contributed by atoms with Crippen molar-refractivity contribution in [3.05, 3.63) is 89.5 Å². The van der Waals surface area contributed by atoms with E-state index in [1.54, 1.807) is 19.2 Å². The number of halogens is 1. The van der Waals surface area contributed by atoms with Gasteiger partial charge in [0.2, 0.25) is 0 Å². The SMILES string of the molecule is CNC(=O)c1ccc2c(c1)OC(c1ccc(OCCC3CCCCN3)cc1)c1c-2ccc2cc(O)ccc12.Cl. The molecule has 39 heavy (non-hydrogen) atoms. The third kappa shape index (κ3) is 5.40. The first-order valence-corrected chi connectivity index (χ1v) is 13.4. The number of benzene rings is 4. The van der Waals surface area contributed by atoms with Gasteiger partial charge in [-0.1, -0.05) is 36.8 Å². The van der Waals surface area contributed by atoms with E-state index < -0.39 is 0 Å². The van der Waals surface area contributed by atoms with Gasteiger partial charge >= 0.3 is 0 Å². The van der Waals surface area contributed by atoms with Gasteiger partial charge in [-0.15, -0.1) is 12.4 Å². The highest BCUT2D eigenvalue weighted by Gasteiger charge is 2.30. The van der Waals surface area contributed by atoms with Gasteiger partial charge in [0.05, 0.1) is 6.61 Å². The highest BCUT2D eigenvalue weighted by atomic mass is 35.5. The van der Waals surface area contributed by atoms with Crippen LogP contribution in [0.3, 0.4) is 0 Å². The number of fused-ring (bicyclic) bond motifs is 5. The van der Waals surface area contributed by atoms with Crippen LogP contribution >= 0.6 is 12.4 Å². The number of hydrogen-bond donors (Lipinski definition) is 3. The second kappa shape index (κ2) is 11.6. The van der Waals surface area contributed by atoms with Gasteiger partial charge < -0.3 is 25.2 Å². The lowest BCUT2D eigenvalue weighted by molar-refractivity contribution is 0.0962. The molecule has 6 rings (SSSR count). The Bertz CT molecular complexity index is 1480. The van der Waals surface area contributed by atoms with Crippen LogP contribution in [0.25, 0.3) is 21.9 Å². The lowest BCUT2D eigenvalue weighted by atomic mass is 9.85. The summed E-state index contributed by atoms with van der Waals surface area (Å²) in [5.74, 6) is 1.58. The molecule has 2 unspecified atom stereocenters. The standard InChI is InChI=1S/C32H32N2O4.ClH/c1-33-32(36)22-8-12-27-28-13-7-21-18-24(35)9-14-26(21)30(28)31(38-29(27)19-22)20-5-10-25(11-6-20)37-17-15-23-4-2-3-16-34-23;/h5-14,18-19,23,31,34-35H,2-4,15-17H2,1H3,(H,33,36);1H. The first-order valence-electron chi connectivity index (χ1n) is 13.4. The Morgan fingerprint density at radius 2 is 1.85 bits per heavy atom. The summed E-state index contributed by atoms with van der Waals surface area (Å²) < 4.78 is 12.7. The van der Waals surface area contributed by atoms with E-state index in [2.05, 4.69) is 28.8 Å². The molecule has 0 bridgehead atoms. The Hall–Kier alpha value is -3.74. The summed E-state index contributed by atoms with van der Waals surface area (Å²) >= 11 is 0. The van der Waals surface area contributed by atoms with Crippen LogP contribution in [0, 0.1) is 0 Å². The fourth-order valence-electron chi connectivity index (χ4n) is 5.64. The summed E-state index contributed by atoms with van der Waals surface area (Å²) in [5, 5.41) is 18.3. The molecule has 0 aliphatic carbocycles. The molecule has 0 aromatic heterocycles. The summed E-state index contributed by atoms with van der Waals surface area (Å²) in [6, 6.07) is 23.7. The van der Waals surface area contributed by atoms with E-state index >= 15 is 0 Å². The summed E-state index contributed by atoms with van der Waals surface area (Å²) in [4.78, 5) is 12.3. The molecule has 6 nitrogen and oxygen atoms in total. The minimum absolute atomic E-state index is 0. The maximum atomic E-state index is 12.3. The van der Waals surface area contributed by atoms with E-state index in [0.29, 0.717) is 24.0 Å². The number of phenols is 1. The van der Waals surface area contributed by atoms with Crippen molar-refractivity contribution in [3.63, 3.8) is 0 Å². The van der Waals surface area contributed by atoms with Crippen molar-refractivity contribution in [2.24, 2.45) is 0 Å². The number of aromatic hydroxyl groups is 1. The second-order valence-corrected chi connectivity index (χ2v) is 10.1. The van der Waals surface area contributed by atoms with Crippen molar-refractivity contribution < 1.29 is 19.4 Å². The molecule has 1 amide bonds. The highest BCUT2D eigenvalue weighted by Crippen LogP contribution is 2.48. The van der Waals surface area contributed by atoms with Crippen LogP contribution in [0.5, 0.6) is 17.2 Å². The van der Waals surface area contributed by atoms with Crippen LogP contribution in [0.1, 0.15) is 53.3 Å². The number of nitrogens with one attached hydrogen (secondary N) is 2.